The minimum Gasteiger partial charge on any atom is -0.460 e. The number of rotatable bonds is 17. The first kappa shape index (κ1) is 49.9. The van der Waals surface area contributed by atoms with Crippen LogP contribution in [0.1, 0.15) is 139 Å². The molecule has 0 spiro atoms. The van der Waals surface area contributed by atoms with Crippen molar-refractivity contribution in [2.24, 2.45) is 0 Å². The van der Waals surface area contributed by atoms with Gasteiger partial charge in [0, 0.05) is 25.2 Å². The predicted molar refractivity (Wildman–Crippen MR) is 227 cm³/mol. The molecule has 0 radical (unpaired) electrons. The minimum atomic E-state index is -1.45. The van der Waals surface area contributed by atoms with Crippen molar-refractivity contribution in [1.82, 2.24) is 16.0 Å². The standard InChI is InChI=1S/C46H65N3O12/c1-43(2,3)58-37(51)25-22-34(40(54)60-45(7,8)9)47-36(50)24-21-33(39(53)48-35(41(55)61-46(10,11)12)23-26-38(52)59-44(4,5)6)49-42(56)57-27-32-30-19-15-13-17-28(30)29-18-14-16-20-31(29)32/h13-20,32-35H,21-27H2,1-12H3,(H,47,50)(H,48,53)(H,49,56). The van der Waals surface area contributed by atoms with Crippen LogP contribution >= 0.6 is 0 Å². The second-order valence-electron chi connectivity index (χ2n) is 19.1. The lowest BCUT2D eigenvalue weighted by Crippen LogP contribution is -2.53. The van der Waals surface area contributed by atoms with E-state index in [1.807, 2.05) is 48.5 Å². The number of esters is 4. The van der Waals surface area contributed by atoms with Crippen LogP contribution < -0.4 is 16.0 Å². The summed E-state index contributed by atoms with van der Waals surface area (Å²) in [4.78, 5) is 92.8. The number of ether oxygens (including phenoxy) is 5. The summed E-state index contributed by atoms with van der Waals surface area (Å²) >= 11 is 0. The van der Waals surface area contributed by atoms with Crippen LogP contribution in [0.5, 0.6) is 0 Å². The number of alkyl carbamates (subject to hydrolysis) is 1. The first-order chi connectivity index (χ1) is 28.1. The third-order valence-electron chi connectivity index (χ3n) is 8.76. The number of amides is 3. The van der Waals surface area contributed by atoms with Crippen molar-refractivity contribution in [2.75, 3.05) is 6.61 Å². The number of carbonyl (C=O) groups excluding carboxylic acids is 7. The van der Waals surface area contributed by atoms with E-state index in [0.29, 0.717) is 0 Å². The first-order valence-corrected chi connectivity index (χ1v) is 20.7. The van der Waals surface area contributed by atoms with Gasteiger partial charge in [0.1, 0.15) is 47.1 Å². The lowest BCUT2D eigenvalue weighted by Gasteiger charge is -2.27. The van der Waals surface area contributed by atoms with Crippen molar-refractivity contribution in [3.05, 3.63) is 59.7 Å². The van der Waals surface area contributed by atoms with Crippen molar-refractivity contribution in [2.45, 2.75) is 168 Å². The molecule has 3 amide bonds. The van der Waals surface area contributed by atoms with E-state index in [1.165, 1.54) is 0 Å². The molecular formula is C46H65N3O12. The van der Waals surface area contributed by atoms with Crippen molar-refractivity contribution < 1.29 is 57.2 Å². The van der Waals surface area contributed by atoms with Crippen LogP contribution in [0.25, 0.3) is 11.1 Å². The number of benzene rings is 2. The Labute approximate surface area is 359 Å². The van der Waals surface area contributed by atoms with Gasteiger partial charge in [0.05, 0.1) is 0 Å². The SMILES string of the molecule is CC(C)(C)OC(=O)CCC(NC(=O)CCC(NC(=O)OCC1c2ccccc2-c2ccccc21)C(=O)NC(CCC(=O)OC(C)(C)C)C(=O)OC(C)(C)C)C(=O)OC(C)(C)C. The maximum Gasteiger partial charge on any atom is 0.407 e. The maximum absolute atomic E-state index is 14.0. The van der Waals surface area contributed by atoms with E-state index < -0.39 is 88.7 Å². The average molecular weight is 852 g/mol. The normalized spacial score (nSPS) is 14.2. The first-order valence-electron chi connectivity index (χ1n) is 20.7. The molecule has 0 fully saturated rings. The molecule has 336 valence electrons. The highest BCUT2D eigenvalue weighted by atomic mass is 16.6. The van der Waals surface area contributed by atoms with Gasteiger partial charge in [0.15, 0.2) is 0 Å². The zero-order valence-electron chi connectivity index (χ0n) is 37.8. The van der Waals surface area contributed by atoms with E-state index in [0.717, 1.165) is 22.3 Å². The molecule has 0 bridgehead atoms. The largest absolute Gasteiger partial charge is 0.460 e. The maximum atomic E-state index is 14.0. The molecule has 3 unspecified atom stereocenters. The molecule has 0 aliphatic heterocycles. The molecule has 0 heterocycles. The van der Waals surface area contributed by atoms with Crippen LogP contribution in [-0.2, 0) is 52.5 Å². The summed E-state index contributed by atoms with van der Waals surface area (Å²) in [6, 6.07) is 11.5. The molecule has 1 aliphatic rings. The lowest BCUT2D eigenvalue weighted by atomic mass is 9.98. The van der Waals surface area contributed by atoms with Gasteiger partial charge in [-0.05, 0) is 125 Å². The Kier molecular flexibility index (Phi) is 17.1. The Hall–Kier alpha value is -5.47. The lowest BCUT2D eigenvalue weighted by molar-refractivity contribution is -0.161. The fourth-order valence-electron chi connectivity index (χ4n) is 6.42. The zero-order chi connectivity index (χ0) is 45.9. The van der Waals surface area contributed by atoms with Gasteiger partial charge in [-0.1, -0.05) is 48.5 Å². The number of fused-ring (bicyclic) bond motifs is 3. The number of carbonyl (C=O) groups is 7. The van der Waals surface area contributed by atoms with Gasteiger partial charge in [-0.15, -0.1) is 0 Å². The molecule has 2 aromatic carbocycles. The average Bonchev–Trinajstić information content (AvgIpc) is 3.43. The zero-order valence-corrected chi connectivity index (χ0v) is 37.8. The molecule has 1 aliphatic carbocycles. The van der Waals surface area contributed by atoms with E-state index in [9.17, 15) is 33.6 Å². The van der Waals surface area contributed by atoms with Gasteiger partial charge >= 0.3 is 30.0 Å². The fraction of sp³-hybridized carbons (Fsp3) is 0.587. The molecule has 15 heteroatoms. The van der Waals surface area contributed by atoms with Gasteiger partial charge in [-0.3, -0.25) is 19.2 Å². The van der Waals surface area contributed by atoms with Crippen LogP contribution in [0.2, 0.25) is 0 Å². The second kappa shape index (κ2) is 20.9. The van der Waals surface area contributed by atoms with Crippen molar-refractivity contribution in [1.29, 1.82) is 0 Å². The molecular weight excluding hydrogens is 787 g/mol. The molecule has 3 rings (SSSR count). The van der Waals surface area contributed by atoms with E-state index >= 15 is 0 Å². The summed E-state index contributed by atoms with van der Waals surface area (Å²) in [6.07, 6.45) is -2.45. The summed E-state index contributed by atoms with van der Waals surface area (Å²) in [6.45, 7) is 20.1. The summed E-state index contributed by atoms with van der Waals surface area (Å²) in [5.74, 6) is -4.63. The highest BCUT2D eigenvalue weighted by molar-refractivity contribution is 5.91. The van der Waals surface area contributed by atoms with Crippen LogP contribution in [-0.4, -0.2) is 88.9 Å². The molecule has 0 saturated heterocycles. The van der Waals surface area contributed by atoms with Crippen molar-refractivity contribution in [3.63, 3.8) is 0 Å². The van der Waals surface area contributed by atoms with Gasteiger partial charge in [0.2, 0.25) is 11.8 Å². The Bertz CT molecular complexity index is 1850. The predicted octanol–water partition coefficient (Wildman–Crippen LogP) is 6.57. The van der Waals surface area contributed by atoms with Crippen LogP contribution in [0, 0.1) is 0 Å². The highest BCUT2D eigenvalue weighted by Crippen LogP contribution is 2.44. The van der Waals surface area contributed by atoms with Crippen LogP contribution in [0.15, 0.2) is 48.5 Å². The van der Waals surface area contributed by atoms with E-state index in [-0.39, 0.29) is 44.6 Å². The van der Waals surface area contributed by atoms with Crippen LogP contribution in [0.4, 0.5) is 4.79 Å². The molecule has 15 nitrogen and oxygen atoms in total. The van der Waals surface area contributed by atoms with E-state index in [1.54, 1.807) is 83.1 Å². The summed E-state index contributed by atoms with van der Waals surface area (Å²) in [7, 11) is 0. The van der Waals surface area contributed by atoms with Crippen LogP contribution in [0.3, 0.4) is 0 Å². The third-order valence-corrected chi connectivity index (χ3v) is 8.76. The number of hydrogen-bond donors (Lipinski definition) is 3. The van der Waals surface area contributed by atoms with E-state index in [2.05, 4.69) is 16.0 Å². The minimum absolute atomic E-state index is 0.0691. The summed E-state index contributed by atoms with van der Waals surface area (Å²) in [5.41, 5.74) is 0.566. The van der Waals surface area contributed by atoms with Crippen molar-refractivity contribution >= 4 is 41.8 Å². The van der Waals surface area contributed by atoms with Gasteiger partial charge < -0.3 is 39.6 Å². The molecule has 2 aromatic rings. The Morgan fingerprint density at radius 3 is 1.33 bits per heavy atom. The fourth-order valence-corrected chi connectivity index (χ4v) is 6.42. The van der Waals surface area contributed by atoms with Gasteiger partial charge in [-0.25, -0.2) is 14.4 Å². The number of hydrogen-bond acceptors (Lipinski definition) is 12. The molecule has 0 aromatic heterocycles. The van der Waals surface area contributed by atoms with Gasteiger partial charge in [0.25, 0.3) is 0 Å². The summed E-state index contributed by atoms with van der Waals surface area (Å²) in [5, 5.41) is 7.75. The molecule has 3 N–H and O–H groups in total. The van der Waals surface area contributed by atoms with Gasteiger partial charge in [-0.2, -0.15) is 0 Å². The van der Waals surface area contributed by atoms with E-state index in [4.69, 9.17) is 23.7 Å². The Morgan fingerprint density at radius 2 is 0.902 bits per heavy atom. The highest BCUT2D eigenvalue weighted by Gasteiger charge is 2.34. The molecule has 61 heavy (non-hydrogen) atoms. The Balaban J connectivity index is 1.84. The molecule has 3 atom stereocenters. The van der Waals surface area contributed by atoms with Crippen molar-refractivity contribution in [3.8, 4) is 11.1 Å². The number of nitrogens with one attached hydrogen (secondary N) is 3. The Morgan fingerprint density at radius 1 is 0.508 bits per heavy atom. The monoisotopic (exact) mass is 851 g/mol. The second-order valence-corrected chi connectivity index (χ2v) is 19.1. The smallest absolute Gasteiger partial charge is 0.407 e. The quantitative estimate of drug-likeness (QED) is 0.114. The molecule has 0 saturated carbocycles. The summed E-state index contributed by atoms with van der Waals surface area (Å²) < 4.78 is 27.5. The topological polar surface area (TPSA) is 202 Å². The third kappa shape index (κ3) is 17.6.